The van der Waals surface area contributed by atoms with Gasteiger partial charge in [0.05, 0.1) is 28.1 Å². The molecule has 0 saturated heterocycles. The molecule has 7 aromatic carbocycles. The van der Waals surface area contributed by atoms with Gasteiger partial charge in [-0.25, -0.2) is 15.0 Å². The van der Waals surface area contributed by atoms with Crippen molar-refractivity contribution in [3.05, 3.63) is 182 Å². The Kier molecular flexibility index (Phi) is 7.00. The molecule has 54 heavy (non-hydrogen) atoms. The molecule has 0 spiro atoms. The first-order valence-electron chi connectivity index (χ1n) is 18.1. The summed E-state index contributed by atoms with van der Waals surface area (Å²) in [5, 5.41) is 7.34. The highest BCUT2D eigenvalue weighted by Gasteiger charge is 2.17. The molecule has 0 amide bonds. The fourth-order valence-corrected chi connectivity index (χ4v) is 9.02. The van der Waals surface area contributed by atoms with Crippen LogP contribution in [-0.4, -0.2) is 19.5 Å². The van der Waals surface area contributed by atoms with E-state index in [-0.39, 0.29) is 0 Å². The summed E-state index contributed by atoms with van der Waals surface area (Å²) in [5.41, 5.74) is 10.3. The fraction of sp³-hybridized carbons (Fsp3) is 0. The monoisotopic (exact) mass is 706 g/mol. The van der Waals surface area contributed by atoms with Crippen molar-refractivity contribution in [1.29, 1.82) is 0 Å². The lowest BCUT2D eigenvalue weighted by Crippen LogP contribution is -1.97. The summed E-state index contributed by atoms with van der Waals surface area (Å²) in [6.07, 6.45) is 0. The SMILES string of the molecule is c1ccc(-c2nc(-c3ccc(-n4c5ccccc5c5ccccc54)cc3)cc(-c3cccc(-c4nc5sc6ccccc6c5c5ccccc45)c3)n2)cc1. The van der Waals surface area contributed by atoms with Gasteiger partial charge in [0.15, 0.2) is 5.82 Å². The average Bonchev–Trinajstić information content (AvgIpc) is 3.80. The van der Waals surface area contributed by atoms with E-state index in [0.29, 0.717) is 5.82 Å². The number of aromatic nitrogens is 4. The zero-order valence-electron chi connectivity index (χ0n) is 29.0. The molecular formula is C49H30N4S. The highest BCUT2D eigenvalue weighted by molar-refractivity contribution is 7.25. The lowest BCUT2D eigenvalue weighted by molar-refractivity contribution is 1.17. The Morgan fingerprint density at radius 1 is 0.389 bits per heavy atom. The van der Waals surface area contributed by atoms with Gasteiger partial charge < -0.3 is 4.57 Å². The Morgan fingerprint density at radius 2 is 0.963 bits per heavy atom. The molecule has 0 radical (unpaired) electrons. The molecule has 0 aliphatic rings. The maximum Gasteiger partial charge on any atom is 0.160 e. The molecule has 4 nitrogen and oxygen atoms in total. The molecule has 252 valence electrons. The highest BCUT2D eigenvalue weighted by atomic mass is 32.1. The molecule has 0 bridgehead atoms. The van der Waals surface area contributed by atoms with Crippen molar-refractivity contribution in [2.45, 2.75) is 0 Å². The number of benzene rings is 7. The van der Waals surface area contributed by atoms with E-state index in [1.165, 1.54) is 42.7 Å². The number of hydrogen-bond acceptors (Lipinski definition) is 4. The Labute approximate surface area is 315 Å². The molecule has 0 aliphatic heterocycles. The standard InChI is InChI=1S/C49H30N4S/c1-2-13-32(14-3-1)48-50-41(31-25-27-35(28-26-31)53-43-22-9-6-17-36(43)37-18-7-10-23-44(37)53)30-42(51-48)33-15-12-16-34(29-33)47-39-20-5-4-19-38(39)46-40-21-8-11-24-45(40)54-49(46)52-47/h1-30H. The second kappa shape index (κ2) is 12.3. The van der Waals surface area contributed by atoms with Crippen LogP contribution in [0.5, 0.6) is 0 Å². The number of para-hydroxylation sites is 2. The molecular weight excluding hydrogens is 677 g/mol. The zero-order chi connectivity index (χ0) is 35.6. The van der Waals surface area contributed by atoms with Crippen molar-refractivity contribution in [2.24, 2.45) is 0 Å². The predicted molar refractivity (Wildman–Crippen MR) is 226 cm³/mol. The first-order valence-corrected chi connectivity index (χ1v) is 18.9. The van der Waals surface area contributed by atoms with Crippen LogP contribution in [0.1, 0.15) is 0 Å². The van der Waals surface area contributed by atoms with Gasteiger partial charge in [-0.1, -0.05) is 140 Å². The van der Waals surface area contributed by atoms with Crippen LogP contribution in [0.15, 0.2) is 182 Å². The van der Waals surface area contributed by atoms with Gasteiger partial charge >= 0.3 is 0 Å². The van der Waals surface area contributed by atoms with E-state index < -0.39 is 0 Å². The molecule has 4 aromatic heterocycles. The van der Waals surface area contributed by atoms with E-state index in [2.05, 4.69) is 168 Å². The number of hydrogen-bond donors (Lipinski definition) is 0. The third-order valence-corrected chi connectivity index (χ3v) is 11.5. The lowest BCUT2D eigenvalue weighted by Gasteiger charge is -2.12. The summed E-state index contributed by atoms with van der Waals surface area (Å²) in [5.74, 6) is 0.690. The van der Waals surface area contributed by atoms with Crippen LogP contribution in [0, 0.1) is 0 Å². The van der Waals surface area contributed by atoms with Crippen molar-refractivity contribution in [3.63, 3.8) is 0 Å². The molecule has 0 N–H and O–H groups in total. The zero-order valence-corrected chi connectivity index (χ0v) is 29.8. The topological polar surface area (TPSA) is 43.6 Å². The average molecular weight is 707 g/mol. The first-order chi connectivity index (χ1) is 26.8. The third-order valence-electron chi connectivity index (χ3n) is 10.4. The molecule has 0 fully saturated rings. The van der Waals surface area contributed by atoms with Crippen molar-refractivity contribution < 1.29 is 0 Å². The summed E-state index contributed by atoms with van der Waals surface area (Å²) >= 11 is 1.75. The van der Waals surface area contributed by atoms with Gasteiger partial charge in [0, 0.05) is 59.6 Å². The minimum atomic E-state index is 0.690. The molecule has 11 aromatic rings. The van der Waals surface area contributed by atoms with E-state index in [1.54, 1.807) is 11.3 Å². The number of pyridine rings is 1. The maximum atomic E-state index is 5.33. The Balaban J connectivity index is 1.05. The van der Waals surface area contributed by atoms with Crippen molar-refractivity contribution in [1.82, 2.24) is 19.5 Å². The molecule has 4 heterocycles. The summed E-state index contributed by atoms with van der Waals surface area (Å²) in [7, 11) is 0. The number of nitrogens with zero attached hydrogens (tertiary/aromatic N) is 4. The minimum absolute atomic E-state index is 0.690. The second-order valence-corrected chi connectivity index (χ2v) is 14.6. The van der Waals surface area contributed by atoms with Crippen LogP contribution in [0.3, 0.4) is 0 Å². The van der Waals surface area contributed by atoms with Gasteiger partial charge in [-0.15, -0.1) is 11.3 Å². The number of thiophene rings is 1. The Bertz CT molecular complexity index is 3160. The molecule has 5 heteroatoms. The first kappa shape index (κ1) is 30.7. The van der Waals surface area contributed by atoms with Gasteiger partial charge in [-0.3, -0.25) is 0 Å². The van der Waals surface area contributed by atoms with Crippen LogP contribution < -0.4 is 0 Å². The minimum Gasteiger partial charge on any atom is -0.309 e. The largest absolute Gasteiger partial charge is 0.309 e. The molecule has 11 rings (SSSR count). The van der Waals surface area contributed by atoms with E-state index in [1.807, 2.05) is 18.2 Å². The predicted octanol–water partition coefficient (Wildman–Crippen LogP) is 13.2. The van der Waals surface area contributed by atoms with Crippen molar-refractivity contribution in [2.75, 3.05) is 0 Å². The lowest BCUT2D eigenvalue weighted by atomic mass is 9.98. The molecule has 0 unspecified atom stereocenters. The summed E-state index contributed by atoms with van der Waals surface area (Å²) in [4.78, 5) is 16.7. The van der Waals surface area contributed by atoms with Gasteiger partial charge in [0.2, 0.25) is 0 Å². The summed E-state index contributed by atoms with van der Waals surface area (Å²) in [6.45, 7) is 0. The van der Waals surface area contributed by atoms with Gasteiger partial charge in [0.25, 0.3) is 0 Å². The van der Waals surface area contributed by atoms with Crippen LogP contribution in [-0.2, 0) is 0 Å². The van der Waals surface area contributed by atoms with Crippen LogP contribution in [0.2, 0.25) is 0 Å². The van der Waals surface area contributed by atoms with Crippen LogP contribution >= 0.6 is 11.3 Å². The normalized spacial score (nSPS) is 11.7. The van der Waals surface area contributed by atoms with E-state index in [9.17, 15) is 0 Å². The quantitative estimate of drug-likeness (QED) is 0.179. The van der Waals surface area contributed by atoms with Crippen molar-refractivity contribution in [3.8, 4) is 50.8 Å². The van der Waals surface area contributed by atoms with E-state index >= 15 is 0 Å². The Morgan fingerprint density at radius 3 is 1.70 bits per heavy atom. The van der Waals surface area contributed by atoms with Crippen LogP contribution in [0.4, 0.5) is 0 Å². The van der Waals surface area contributed by atoms with Gasteiger partial charge in [-0.05, 0) is 47.9 Å². The smallest absolute Gasteiger partial charge is 0.160 e. The Hall–Kier alpha value is -6.95. The molecule has 0 aliphatic carbocycles. The molecule has 0 atom stereocenters. The second-order valence-electron chi connectivity index (χ2n) is 13.6. The maximum absolute atomic E-state index is 5.33. The summed E-state index contributed by atoms with van der Waals surface area (Å²) < 4.78 is 3.59. The van der Waals surface area contributed by atoms with Gasteiger partial charge in [-0.2, -0.15) is 0 Å². The number of fused-ring (bicyclic) bond motifs is 8. The highest BCUT2D eigenvalue weighted by Crippen LogP contribution is 2.41. The summed E-state index contributed by atoms with van der Waals surface area (Å²) in [6, 6.07) is 64.2. The van der Waals surface area contributed by atoms with E-state index in [4.69, 9.17) is 15.0 Å². The fourth-order valence-electron chi connectivity index (χ4n) is 7.93. The van der Waals surface area contributed by atoms with Crippen molar-refractivity contribution >= 4 is 64.2 Å². The van der Waals surface area contributed by atoms with Gasteiger partial charge in [0.1, 0.15) is 4.83 Å². The third kappa shape index (κ3) is 4.94. The number of rotatable bonds is 5. The van der Waals surface area contributed by atoms with E-state index in [0.717, 1.165) is 55.2 Å². The molecule has 0 saturated carbocycles. The van der Waals surface area contributed by atoms with Crippen LogP contribution in [0.25, 0.3) is 104 Å².